The van der Waals surface area contributed by atoms with Crippen molar-refractivity contribution in [3.63, 3.8) is 0 Å². The molecule has 0 aliphatic carbocycles. The van der Waals surface area contributed by atoms with E-state index in [9.17, 15) is 27.9 Å². The van der Waals surface area contributed by atoms with E-state index >= 15 is 0 Å². The number of nitrogens with one attached hydrogen (secondary N) is 2. The Labute approximate surface area is 297 Å². The molecule has 2 aromatic carbocycles. The molecule has 3 amide bonds. The lowest BCUT2D eigenvalue weighted by Crippen LogP contribution is -2.52. The zero-order chi connectivity index (χ0) is 36.8. The first kappa shape index (κ1) is 38.1. The van der Waals surface area contributed by atoms with Crippen LogP contribution >= 0.6 is 0 Å². The van der Waals surface area contributed by atoms with Gasteiger partial charge in [0.05, 0.1) is 36.2 Å². The van der Waals surface area contributed by atoms with Crippen LogP contribution in [0.1, 0.15) is 32.3 Å². The monoisotopic (exact) mass is 734 g/mol. The first-order chi connectivity index (χ1) is 24.2. The molecule has 16 nitrogen and oxygen atoms in total. The number of fused-ring (bicyclic) bond motifs is 2. The van der Waals surface area contributed by atoms with Crippen LogP contribution in [0.3, 0.4) is 0 Å². The lowest BCUT2D eigenvalue weighted by molar-refractivity contribution is -0.121. The summed E-state index contributed by atoms with van der Waals surface area (Å²) in [7, 11) is -3.00. The Kier molecular flexibility index (Phi) is 12.3. The minimum absolute atomic E-state index is 0.0490. The quantitative estimate of drug-likeness (QED) is 0.196. The van der Waals surface area contributed by atoms with E-state index in [1.165, 1.54) is 25.2 Å². The van der Waals surface area contributed by atoms with Crippen LogP contribution in [0.2, 0.25) is 0 Å². The number of amides is 3. The smallest absolute Gasteiger partial charge is 0.407 e. The average Bonchev–Trinajstić information content (AvgIpc) is 3.83. The number of rotatable bonds is 16. The first-order valence-corrected chi connectivity index (χ1v) is 18.2. The first-order valence-electron chi connectivity index (χ1n) is 16.7. The summed E-state index contributed by atoms with van der Waals surface area (Å²) in [5.74, 6) is 0.0689. The van der Waals surface area contributed by atoms with Gasteiger partial charge in [0.25, 0.3) is 0 Å². The molecule has 280 valence electrons. The van der Waals surface area contributed by atoms with Gasteiger partial charge in [0.15, 0.2) is 17.8 Å². The molecule has 3 heterocycles. The van der Waals surface area contributed by atoms with E-state index in [4.69, 9.17) is 28.8 Å². The molecule has 3 aliphatic rings. The number of benzene rings is 2. The number of sulfonamides is 1. The molecule has 0 radical (unpaired) electrons. The second-order valence-electron chi connectivity index (χ2n) is 13.7. The minimum atomic E-state index is -4.28. The highest BCUT2D eigenvalue weighted by molar-refractivity contribution is 7.89. The van der Waals surface area contributed by atoms with Crippen molar-refractivity contribution in [3.8, 4) is 11.5 Å². The lowest BCUT2D eigenvalue weighted by atomic mass is 9.89. The van der Waals surface area contributed by atoms with Crippen molar-refractivity contribution in [1.82, 2.24) is 19.8 Å². The molecule has 2 saturated heterocycles. The van der Waals surface area contributed by atoms with Crippen molar-refractivity contribution in [3.05, 3.63) is 54.1 Å². The number of nitrogens with zero attached hydrogens (tertiary/aromatic N) is 2. The van der Waals surface area contributed by atoms with Crippen LogP contribution < -0.4 is 20.1 Å². The minimum Gasteiger partial charge on any atom is -0.465 e. The summed E-state index contributed by atoms with van der Waals surface area (Å²) in [6.45, 7) is 3.57. The van der Waals surface area contributed by atoms with E-state index in [2.05, 4.69) is 10.6 Å². The Morgan fingerprint density at radius 2 is 1.82 bits per heavy atom. The molecule has 5 rings (SSSR count). The van der Waals surface area contributed by atoms with Gasteiger partial charge in [-0.15, -0.1) is 0 Å². The van der Waals surface area contributed by atoms with Crippen molar-refractivity contribution in [2.75, 3.05) is 53.2 Å². The summed E-state index contributed by atoms with van der Waals surface area (Å²) >= 11 is 0. The van der Waals surface area contributed by atoms with Crippen molar-refractivity contribution < 1.29 is 56.7 Å². The van der Waals surface area contributed by atoms with Crippen LogP contribution in [0.15, 0.2) is 53.4 Å². The third-order valence-corrected chi connectivity index (χ3v) is 10.9. The standard InChI is InChI=1S/C34H46N4O12S/c1-34(2,12-13-35-30(40)18-37(3)33(42)43)20-38(51(44,45)23-9-10-27-28(16-23)49-21-48-27)17-26(39)25(15-22-7-5-4-6-8-22)36-32(41)50-29-19-47-31-24(29)11-14-46-31/h4-10,16,24-26,29,31,39H,11-15,17-21H2,1-3H3,(H,35,40)(H,36,41)(H,42,43)/t24-,25-,26+,29-,31+/m0/s1. The van der Waals surface area contributed by atoms with Gasteiger partial charge in [0.2, 0.25) is 22.7 Å². The molecule has 0 saturated carbocycles. The summed E-state index contributed by atoms with van der Waals surface area (Å²) in [5, 5.41) is 26.3. The van der Waals surface area contributed by atoms with Crippen molar-refractivity contribution >= 4 is 28.1 Å². The molecular weight excluding hydrogens is 688 g/mol. The molecule has 3 aliphatic heterocycles. The van der Waals surface area contributed by atoms with Crippen LogP contribution in [-0.4, -0.2) is 124 Å². The second kappa shape index (κ2) is 16.5. The number of aliphatic hydroxyl groups excluding tert-OH is 1. The maximum atomic E-state index is 14.3. The van der Waals surface area contributed by atoms with E-state index in [1.54, 1.807) is 0 Å². The molecule has 17 heteroatoms. The second-order valence-corrected chi connectivity index (χ2v) is 15.6. The van der Waals surface area contributed by atoms with E-state index in [-0.39, 0.29) is 56.0 Å². The van der Waals surface area contributed by atoms with Crippen LogP contribution in [0.4, 0.5) is 9.59 Å². The number of aliphatic hydroxyl groups is 1. The molecule has 2 fully saturated rings. The number of likely N-dealkylation sites (N-methyl/N-ethyl adjacent to an activating group) is 1. The van der Waals surface area contributed by atoms with Crippen LogP contribution in [-0.2, 0) is 35.4 Å². The highest BCUT2D eigenvalue weighted by atomic mass is 32.2. The normalized spacial score (nSPS) is 20.8. The number of hydrogen-bond acceptors (Lipinski definition) is 11. The Balaban J connectivity index is 1.34. The van der Waals surface area contributed by atoms with Crippen LogP contribution in [0.5, 0.6) is 11.5 Å². The summed E-state index contributed by atoms with van der Waals surface area (Å²) in [5.41, 5.74) is 0.0452. The Bertz CT molecular complexity index is 1640. The molecule has 0 unspecified atom stereocenters. The topological polar surface area (TPSA) is 202 Å². The molecule has 0 bridgehead atoms. The van der Waals surface area contributed by atoms with Crippen molar-refractivity contribution in [1.29, 1.82) is 0 Å². The van der Waals surface area contributed by atoms with Gasteiger partial charge in [-0.05, 0) is 42.4 Å². The summed E-state index contributed by atoms with van der Waals surface area (Å²) in [6, 6.07) is 12.5. The van der Waals surface area contributed by atoms with Crippen molar-refractivity contribution in [2.24, 2.45) is 11.3 Å². The summed E-state index contributed by atoms with van der Waals surface area (Å²) in [4.78, 5) is 37.4. The molecule has 4 N–H and O–H groups in total. The van der Waals surface area contributed by atoms with Gasteiger partial charge in [-0.1, -0.05) is 44.2 Å². The zero-order valence-corrected chi connectivity index (χ0v) is 29.7. The fourth-order valence-corrected chi connectivity index (χ4v) is 7.89. The number of carbonyl (C=O) groups is 3. The number of ether oxygens (including phenoxy) is 5. The van der Waals surface area contributed by atoms with Gasteiger partial charge in [0.1, 0.15) is 12.6 Å². The van der Waals surface area contributed by atoms with Gasteiger partial charge in [-0.3, -0.25) is 4.79 Å². The fourth-order valence-electron chi connectivity index (χ4n) is 6.23. The summed E-state index contributed by atoms with van der Waals surface area (Å²) in [6.07, 6.45) is -3.20. The highest BCUT2D eigenvalue weighted by Gasteiger charge is 2.44. The van der Waals surface area contributed by atoms with Gasteiger partial charge in [-0.25, -0.2) is 18.0 Å². The lowest BCUT2D eigenvalue weighted by Gasteiger charge is -2.35. The molecule has 5 atom stereocenters. The number of alkyl carbamates (subject to hydrolysis) is 1. The van der Waals surface area contributed by atoms with E-state index < -0.39 is 64.6 Å². The molecule has 2 aromatic rings. The van der Waals surface area contributed by atoms with E-state index in [0.29, 0.717) is 25.2 Å². The van der Waals surface area contributed by atoms with Gasteiger partial charge in [0, 0.05) is 32.7 Å². The molecule has 0 aromatic heterocycles. The Hall–Kier alpha value is -4.16. The third kappa shape index (κ3) is 10.0. The SMILES string of the molecule is CN(CC(=O)NCCC(C)(C)CN(C[C@@H](O)[C@H](Cc1ccccc1)NC(=O)O[C@H]1CO[C@H]2OCC[C@H]21)S(=O)(=O)c1ccc2c(c1)OCO2)C(=O)O. The van der Waals surface area contributed by atoms with Gasteiger partial charge >= 0.3 is 12.2 Å². The molecule has 51 heavy (non-hydrogen) atoms. The fraction of sp³-hybridized carbons (Fsp3) is 0.559. The largest absolute Gasteiger partial charge is 0.465 e. The summed E-state index contributed by atoms with van der Waals surface area (Å²) < 4.78 is 57.4. The predicted octanol–water partition coefficient (Wildman–Crippen LogP) is 2.01. The van der Waals surface area contributed by atoms with Gasteiger partial charge < -0.3 is 49.4 Å². The highest BCUT2D eigenvalue weighted by Crippen LogP contribution is 2.36. The van der Waals surface area contributed by atoms with E-state index in [1.807, 2.05) is 44.2 Å². The third-order valence-electron chi connectivity index (χ3n) is 9.12. The Morgan fingerprint density at radius 3 is 2.57 bits per heavy atom. The number of carbonyl (C=O) groups excluding carboxylic acids is 2. The van der Waals surface area contributed by atoms with Gasteiger partial charge in [-0.2, -0.15) is 4.31 Å². The van der Waals surface area contributed by atoms with Crippen LogP contribution in [0, 0.1) is 11.3 Å². The predicted molar refractivity (Wildman–Crippen MR) is 181 cm³/mol. The number of hydrogen-bond donors (Lipinski definition) is 4. The molecular formula is C34H46N4O12S. The molecule has 0 spiro atoms. The Morgan fingerprint density at radius 1 is 1.08 bits per heavy atom. The zero-order valence-electron chi connectivity index (χ0n) is 28.9. The van der Waals surface area contributed by atoms with E-state index in [0.717, 1.165) is 14.8 Å². The average molecular weight is 735 g/mol. The van der Waals surface area contributed by atoms with Crippen molar-refractivity contribution in [2.45, 2.75) is 62.5 Å². The maximum Gasteiger partial charge on any atom is 0.407 e. The maximum absolute atomic E-state index is 14.3. The number of carboxylic acid groups (broad SMARTS) is 1. The van der Waals surface area contributed by atoms with Crippen LogP contribution in [0.25, 0.3) is 0 Å².